The highest BCUT2D eigenvalue weighted by Crippen LogP contribution is 2.64. The Labute approximate surface area is 176 Å². The molecule has 1 aromatic rings. The van der Waals surface area contributed by atoms with Crippen molar-refractivity contribution < 1.29 is 74.6 Å². The third-order valence-corrected chi connectivity index (χ3v) is 4.38. The molecule has 0 spiro atoms. The van der Waals surface area contributed by atoms with E-state index in [-0.39, 0.29) is 5.02 Å². The lowest BCUT2D eigenvalue weighted by atomic mass is 9.87. The van der Waals surface area contributed by atoms with E-state index < -0.39 is 59.6 Å². The molecule has 0 amide bonds. The molecule has 33 heavy (non-hydrogen) atoms. The van der Waals surface area contributed by atoms with Gasteiger partial charge in [-0.1, -0.05) is 23.7 Å². The van der Waals surface area contributed by atoms with Crippen LogP contribution in [-0.2, 0) is 6.42 Å². The van der Waals surface area contributed by atoms with Crippen LogP contribution in [0, 0.1) is 0 Å². The second-order valence-corrected chi connectivity index (χ2v) is 6.89. The zero-order chi connectivity index (χ0) is 26.7. The molecule has 0 N–H and O–H groups in total. The van der Waals surface area contributed by atoms with E-state index >= 15 is 0 Å². The fourth-order valence-corrected chi connectivity index (χ4v) is 2.29. The van der Waals surface area contributed by atoms with Crippen LogP contribution >= 0.6 is 11.6 Å². The predicted molar refractivity (Wildman–Crippen MR) is 75.8 cm³/mol. The molecule has 0 bridgehead atoms. The van der Waals surface area contributed by atoms with E-state index in [4.69, 9.17) is 11.6 Å². The summed E-state index contributed by atoms with van der Waals surface area (Å²) in [4.78, 5) is 0. The monoisotopic (exact) mass is 544 g/mol. The van der Waals surface area contributed by atoms with Crippen LogP contribution < -0.4 is 0 Å². The second kappa shape index (κ2) is 7.93. The quantitative estimate of drug-likeness (QED) is 0.292. The van der Waals surface area contributed by atoms with E-state index in [0.717, 1.165) is 0 Å². The highest BCUT2D eigenvalue weighted by Gasteiger charge is 2.95. The van der Waals surface area contributed by atoms with Gasteiger partial charge in [-0.05, 0) is 17.7 Å². The number of hydrogen-bond acceptors (Lipinski definition) is 0. The first kappa shape index (κ1) is 29.4. The summed E-state index contributed by atoms with van der Waals surface area (Å²) in [5.41, 5.74) is -1.05. The molecule has 192 valence electrons. The standard InChI is InChI=1S/C15H6ClF17/c16-7-3-1-6(2-4-7)5-8(17,18)9(19,20)10(21,22)11(23,24)12(25,26)13(27,28)14(29,30)15(31,32)33/h1-4H,5H2. The zero-order valence-electron chi connectivity index (χ0n) is 14.8. The highest BCUT2D eigenvalue weighted by molar-refractivity contribution is 6.30. The van der Waals surface area contributed by atoms with Crippen molar-refractivity contribution in [2.45, 2.75) is 54.1 Å². The molecule has 0 nitrogen and oxygen atoms in total. The van der Waals surface area contributed by atoms with Crippen LogP contribution in [0.3, 0.4) is 0 Å². The van der Waals surface area contributed by atoms with Gasteiger partial charge in [-0.15, -0.1) is 0 Å². The number of halogens is 18. The molecule has 0 saturated carbocycles. The Bertz CT molecular complexity index is 837. The summed E-state index contributed by atoms with van der Waals surface area (Å²) in [5, 5.41) is -0.238. The van der Waals surface area contributed by atoms with Gasteiger partial charge in [0, 0.05) is 11.4 Å². The normalized spacial score (nSPS) is 15.7. The summed E-state index contributed by atoms with van der Waals surface area (Å²) >= 11 is 5.32. The summed E-state index contributed by atoms with van der Waals surface area (Å²) < 4.78 is 223. The Morgan fingerprint density at radius 2 is 0.758 bits per heavy atom. The van der Waals surface area contributed by atoms with Crippen molar-refractivity contribution in [2.75, 3.05) is 0 Å². The minimum Gasteiger partial charge on any atom is -0.199 e. The van der Waals surface area contributed by atoms with Crippen LogP contribution in [-0.4, -0.2) is 47.6 Å². The summed E-state index contributed by atoms with van der Waals surface area (Å²) in [7, 11) is 0. The minimum absolute atomic E-state index is 0.238. The van der Waals surface area contributed by atoms with Crippen LogP contribution in [0.25, 0.3) is 0 Å². The van der Waals surface area contributed by atoms with Gasteiger partial charge in [-0.2, -0.15) is 74.6 Å². The predicted octanol–water partition coefficient (Wildman–Crippen LogP) is 7.89. The SMILES string of the molecule is FC(F)(F)C(F)(F)C(F)(F)C(F)(F)C(F)(F)C(F)(F)C(F)(F)C(F)(F)Cc1ccc(Cl)cc1. The van der Waals surface area contributed by atoms with E-state index in [9.17, 15) is 74.6 Å². The van der Waals surface area contributed by atoms with Crippen molar-refractivity contribution in [3.63, 3.8) is 0 Å². The minimum atomic E-state index is -8.62. The maximum Gasteiger partial charge on any atom is 0.460 e. The fourth-order valence-electron chi connectivity index (χ4n) is 2.17. The molecule has 18 heteroatoms. The summed E-state index contributed by atoms with van der Waals surface area (Å²) in [6.45, 7) is 0. The fraction of sp³-hybridized carbons (Fsp3) is 0.600. The summed E-state index contributed by atoms with van der Waals surface area (Å²) in [5.74, 6) is -56.3. The molecule has 0 aliphatic carbocycles. The molecule has 0 aliphatic rings. The lowest BCUT2D eigenvalue weighted by Crippen LogP contribution is -2.74. The number of alkyl halides is 17. The molecule has 0 unspecified atom stereocenters. The third-order valence-electron chi connectivity index (χ3n) is 4.13. The largest absolute Gasteiger partial charge is 0.460 e. The van der Waals surface area contributed by atoms with Crippen LogP contribution in [0.15, 0.2) is 24.3 Å². The Kier molecular flexibility index (Phi) is 7.06. The first-order valence-corrected chi connectivity index (χ1v) is 8.06. The van der Waals surface area contributed by atoms with E-state index in [0.29, 0.717) is 24.3 Å². The topological polar surface area (TPSA) is 0 Å². The average Bonchev–Trinajstić information content (AvgIpc) is 2.61. The third kappa shape index (κ3) is 4.17. The van der Waals surface area contributed by atoms with Crippen molar-refractivity contribution >= 4 is 11.6 Å². The molecule has 0 aromatic heterocycles. The van der Waals surface area contributed by atoms with E-state index in [2.05, 4.69) is 0 Å². The zero-order valence-corrected chi connectivity index (χ0v) is 15.6. The Hall–Kier alpha value is -1.68. The molecule has 0 aliphatic heterocycles. The van der Waals surface area contributed by atoms with Gasteiger partial charge < -0.3 is 0 Å². The molecule has 0 heterocycles. The maximum absolute atomic E-state index is 13.8. The molecule has 1 aromatic carbocycles. The first-order valence-electron chi connectivity index (χ1n) is 7.68. The first-order chi connectivity index (χ1) is 14.2. The number of hydrogen-bond donors (Lipinski definition) is 0. The van der Waals surface area contributed by atoms with Gasteiger partial charge in [-0.25, -0.2) is 0 Å². The van der Waals surface area contributed by atoms with Gasteiger partial charge in [0.25, 0.3) is 0 Å². The van der Waals surface area contributed by atoms with E-state index in [1.165, 1.54) is 0 Å². The molecule has 0 fully saturated rings. The smallest absolute Gasteiger partial charge is 0.199 e. The number of rotatable bonds is 8. The van der Waals surface area contributed by atoms with Gasteiger partial charge >= 0.3 is 47.6 Å². The molecule has 1 rings (SSSR count). The van der Waals surface area contributed by atoms with Crippen molar-refractivity contribution in [3.8, 4) is 0 Å². The second-order valence-electron chi connectivity index (χ2n) is 6.45. The Morgan fingerprint density at radius 3 is 1.09 bits per heavy atom. The van der Waals surface area contributed by atoms with Gasteiger partial charge in [0.2, 0.25) is 0 Å². The van der Waals surface area contributed by atoms with Crippen molar-refractivity contribution in [2.24, 2.45) is 0 Å². The van der Waals surface area contributed by atoms with Gasteiger partial charge in [-0.3, -0.25) is 0 Å². The van der Waals surface area contributed by atoms with Crippen molar-refractivity contribution in [1.29, 1.82) is 0 Å². The highest BCUT2D eigenvalue weighted by atomic mass is 35.5. The van der Waals surface area contributed by atoms with Crippen LogP contribution in [0.4, 0.5) is 74.6 Å². The van der Waals surface area contributed by atoms with Gasteiger partial charge in [0.15, 0.2) is 0 Å². The van der Waals surface area contributed by atoms with Crippen molar-refractivity contribution in [1.82, 2.24) is 0 Å². The maximum atomic E-state index is 13.8. The molecule has 0 atom stereocenters. The van der Waals surface area contributed by atoms with Crippen LogP contribution in [0.5, 0.6) is 0 Å². The lowest BCUT2D eigenvalue weighted by molar-refractivity contribution is -0.461. The lowest BCUT2D eigenvalue weighted by Gasteiger charge is -2.42. The Morgan fingerprint density at radius 1 is 0.455 bits per heavy atom. The van der Waals surface area contributed by atoms with Gasteiger partial charge in [0.1, 0.15) is 0 Å². The Balaban J connectivity index is 3.57. The molecular weight excluding hydrogens is 539 g/mol. The van der Waals surface area contributed by atoms with Gasteiger partial charge in [0.05, 0.1) is 0 Å². The number of benzene rings is 1. The van der Waals surface area contributed by atoms with Crippen molar-refractivity contribution in [3.05, 3.63) is 34.9 Å². The van der Waals surface area contributed by atoms with E-state index in [1.807, 2.05) is 0 Å². The van der Waals surface area contributed by atoms with Crippen LogP contribution in [0.1, 0.15) is 5.56 Å². The van der Waals surface area contributed by atoms with Crippen LogP contribution in [0.2, 0.25) is 5.02 Å². The summed E-state index contributed by atoms with van der Waals surface area (Å²) in [6.07, 6.45) is -10.4. The molecule has 0 saturated heterocycles. The molecule has 0 radical (unpaired) electrons. The molecular formula is C15H6ClF17. The average molecular weight is 545 g/mol. The summed E-state index contributed by atoms with van der Waals surface area (Å²) in [6, 6.07) is 2.31. The van der Waals surface area contributed by atoms with E-state index in [1.54, 1.807) is 0 Å².